The second-order valence-electron chi connectivity index (χ2n) is 8.93. The number of rotatable bonds is 7. The van der Waals surface area contributed by atoms with Crippen LogP contribution in [-0.2, 0) is 11.2 Å². The lowest BCUT2D eigenvalue weighted by Crippen LogP contribution is -2.24. The molecule has 7 heteroatoms. The molecule has 6 nitrogen and oxygen atoms in total. The van der Waals surface area contributed by atoms with Gasteiger partial charge >= 0.3 is 0 Å². The van der Waals surface area contributed by atoms with E-state index in [2.05, 4.69) is 16.5 Å². The number of H-pyrrole nitrogens is 1. The van der Waals surface area contributed by atoms with Crippen LogP contribution in [0.2, 0.25) is 5.02 Å². The van der Waals surface area contributed by atoms with Crippen LogP contribution >= 0.6 is 11.6 Å². The van der Waals surface area contributed by atoms with Gasteiger partial charge in [-0.1, -0.05) is 17.7 Å². The van der Waals surface area contributed by atoms with Gasteiger partial charge in [0.05, 0.1) is 18.2 Å². The van der Waals surface area contributed by atoms with Crippen molar-refractivity contribution in [3.05, 3.63) is 62.2 Å². The molecule has 0 saturated carbocycles. The van der Waals surface area contributed by atoms with E-state index in [0.717, 1.165) is 48.3 Å². The van der Waals surface area contributed by atoms with Gasteiger partial charge in [-0.25, -0.2) is 0 Å². The van der Waals surface area contributed by atoms with E-state index < -0.39 is 0 Å². The predicted molar refractivity (Wildman–Crippen MR) is 131 cm³/mol. The number of aryl methyl sites for hydroxylation is 1. The number of nitrogens with zero attached hydrogens (tertiary/aromatic N) is 1. The van der Waals surface area contributed by atoms with Gasteiger partial charge in [-0.2, -0.15) is 0 Å². The Bertz CT molecular complexity index is 1240. The third-order valence-electron chi connectivity index (χ3n) is 6.90. The topological polar surface area (TPSA) is 73.3 Å². The number of pyridine rings is 1. The average Bonchev–Trinajstić information content (AvgIpc) is 3.08. The molecule has 1 N–H and O–H groups in total. The Labute approximate surface area is 198 Å². The Morgan fingerprint density at radius 3 is 2.70 bits per heavy atom. The number of Topliss-reactive ketones (excluding diaryl/α,β-unsaturated/α-hetero) is 1. The molecule has 0 radical (unpaired) electrons. The molecule has 2 aromatic heterocycles. The lowest BCUT2D eigenvalue weighted by molar-refractivity contribution is 0.0517. The van der Waals surface area contributed by atoms with E-state index >= 15 is 0 Å². The Morgan fingerprint density at radius 2 is 2.00 bits per heavy atom. The molecule has 1 aliphatic rings. The molecule has 1 aromatic carbocycles. The fraction of sp³-hybridized carbons (Fsp3) is 0.462. The first kappa shape index (κ1) is 23.6. The summed E-state index contributed by atoms with van der Waals surface area (Å²) in [6, 6.07) is 7.72. The second-order valence-corrected chi connectivity index (χ2v) is 9.37. The average molecular weight is 471 g/mol. The highest BCUT2D eigenvalue weighted by molar-refractivity contribution is 6.31. The van der Waals surface area contributed by atoms with Crippen molar-refractivity contribution >= 4 is 28.3 Å². The Hall–Kier alpha value is -2.57. The minimum atomic E-state index is -0.210. The number of aromatic nitrogens is 2. The zero-order chi connectivity index (χ0) is 23.7. The summed E-state index contributed by atoms with van der Waals surface area (Å²) in [6.07, 6.45) is 2.53. The Balaban J connectivity index is 1.70. The molecule has 0 bridgehead atoms. The van der Waals surface area contributed by atoms with Crippen LogP contribution in [0.4, 0.5) is 0 Å². The quantitative estimate of drug-likeness (QED) is 0.468. The van der Waals surface area contributed by atoms with Crippen molar-refractivity contribution in [2.24, 2.45) is 5.92 Å². The normalized spacial score (nSPS) is 15.7. The maximum atomic E-state index is 13.5. The van der Waals surface area contributed by atoms with Crippen molar-refractivity contribution in [3.63, 3.8) is 0 Å². The van der Waals surface area contributed by atoms with Crippen LogP contribution in [0.15, 0.2) is 29.1 Å². The van der Waals surface area contributed by atoms with E-state index in [1.807, 2.05) is 32.0 Å². The largest absolute Gasteiger partial charge is 0.496 e. The van der Waals surface area contributed by atoms with Crippen molar-refractivity contribution < 1.29 is 14.3 Å². The third-order valence-corrected chi connectivity index (χ3v) is 7.13. The van der Waals surface area contributed by atoms with Crippen LogP contribution < -0.4 is 10.3 Å². The van der Waals surface area contributed by atoms with Crippen LogP contribution in [0.25, 0.3) is 10.9 Å². The second kappa shape index (κ2) is 9.74. The molecular weight excluding hydrogens is 440 g/mol. The molecule has 1 atom stereocenters. The first-order chi connectivity index (χ1) is 15.8. The summed E-state index contributed by atoms with van der Waals surface area (Å²) in [5, 5.41) is 1.56. The van der Waals surface area contributed by atoms with Gasteiger partial charge in [0.1, 0.15) is 5.75 Å². The lowest BCUT2D eigenvalue weighted by Gasteiger charge is -2.30. The van der Waals surface area contributed by atoms with Crippen LogP contribution in [0.5, 0.6) is 5.75 Å². The molecule has 0 spiro atoms. The highest BCUT2D eigenvalue weighted by Crippen LogP contribution is 2.37. The molecule has 3 heterocycles. The fourth-order valence-electron chi connectivity index (χ4n) is 5.17. The van der Waals surface area contributed by atoms with Gasteiger partial charge in [-0.05, 0) is 64.2 Å². The van der Waals surface area contributed by atoms with Gasteiger partial charge in [0.25, 0.3) is 5.56 Å². The summed E-state index contributed by atoms with van der Waals surface area (Å²) in [6.45, 7) is 7.58. The predicted octanol–water partition coefficient (Wildman–Crippen LogP) is 5.41. The van der Waals surface area contributed by atoms with Gasteiger partial charge < -0.3 is 19.0 Å². The van der Waals surface area contributed by atoms with E-state index in [-0.39, 0.29) is 23.8 Å². The van der Waals surface area contributed by atoms with Gasteiger partial charge in [0, 0.05) is 53.0 Å². The number of hydrogen-bond acceptors (Lipinski definition) is 4. The number of fused-ring (bicyclic) bond motifs is 1. The number of benzene rings is 1. The van der Waals surface area contributed by atoms with Crippen LogP contribution in [0.1, 0.15) is 59.5 Å². The maximum absolute atomic E-state index is 13.5. The minimum absolute atomic E-state index is 0.0137. The summed E-state index contributed by atoms with van der Waals surface area (Å²) < 4.78 is 13.2. The summed E-state index contributed by atoms with van der Waals surface area (Å²) >= 11 is 6.36. The monoisotopic (exact) mass is 470 g/mol. The molecule has 0 aliphatic carbocycles. The third kappa shape index (κ3) is 4.59. The number of halogens is 1. The molecule has 1 saturated heterocycles. The minimum Gasteiger partial charge on any atom is -0.496 e. The molecular formula is C26H31ClN2O4. The van der Waals surface area contributed by atoms with Gasteiger partial charge in [0.2, 0.25) is 0 Å². The number of hydrogen-bond donors (Lipinski definition) is 1. The number of carbonyl (C=O) groups is 1. The van der Waals surface area contributed by atoms with Crippen molar-refractivity contribution in [2.45, 2.75) is 52.5 Å². The number of ketones is 1. The smallest absolute Gasteiger partial charge is 0.255 e. The molecule has 33 heavy (non-hydrogen) atoms. The molecule has 1 aliphatic heterocycles. The fourth-order valence-corrected chi connectivity index (χ4v) is 5.33. The first-order valence-electron chi connectivity index (χ1n) is 11.5. The van der Waals surface area contributed by atoms with Crippen molar-refractivity contribution in [1.29, 1.82) is 0 Å². The lowest BCUT2D eigenvalue weighted by atomic mass is 9.92. The SMILES string of the molecule is COc1cc(C)[nH]c(=O)c1CCC(=O)c1c(C)n(C(C)C2CCOCC2)c2cc(Cl)ccc12. The molecule has 176 valence electrons. The first-order valence-corrected chi connectivity index (χ1v) is 11.9. The van der Waals surface area contributed by atoms with Gasteiger partial charge in [-0.15, -0.1) is 0 Å². The number of methoxy groups -OCH3 is 1. The molecule has 3 aromatic rings. The summed E-state index contributed by atoms with van der Waals surface area (Å²) in [7, 11) is 1.54. The van der Waals surface area contributed by atoms with E-state index in [4.69, 9.17) is 21.1 Å². The summed E-state index contributed by atoms with van der Waals surface area (Å²) in [5.41, 5.74) is 3.65. The van der Waals surface area contributed by atoms with E-state index in [1.54, 1.807) is 13.2 Å². The zero-order valence-electron chi connectivity index (χ0n) is 19.7. The molecule has 1 unspecified atom stereocenters. The Kier molecular flexibility index (Phi) is 6.96. The zero-order valence-corrected chi connectivity index (χ0v) is 20.4. The van der Waals surface area contributed by atoms with E-state index in [9.17, 15) is 9.59 Å². The van der Waals surface area contributed by atoms with Crippen molar-refractivity contribution in [2.75, 3.05) is 20.3 Å². The van der Waals surface area contributed by atoms with Crippen LogP contribution in [-0.4, -0.2) is 35.7 Å². The summed E-state index contributed by atoms with van der Waals surface area (Å²) in [5.74, 6) is 1.01. The van der Waals surface area contributed by atoms with Crippen LogP contribution in [0, 0.1) is 19.8 Å². The summed E-state index contributed by atoms with van der Waals surface area (Å²) in [4.78, 5) is 28.8. The molecule has 4 rings (SSSR count). The van der Waals surface area contributed by atoms with Crippen LogP contribution in [0.3, 0.4) is 0 Å². The standard InChI is InChI=1S/C26H31ClN2O4/c1-15-13-24(32-4)21(26(31)28-15)7-8-23(30)25-17(3)29(16(2)18-9-11-33-12-10-18)22-14-19(27)5-6-20(22)25/h5-6,13-14,16,18H,7-12H2,1-4H3,(H,28,31). The molecule has 1 fully saturated rings. The number of aromatic amines is 1. The highest BCUT2D eigenvalue weighted by Gasteiger charge is 2.28. The number of carbonyl (C=O) groups excluding carboxylic acids is 1. The van der Waals surface area contributed by atoms with E-state index in [1.165, 1.54) is 0 Å². The number of nitrogens with one attached hydrogen (secondary N) is 1. The van der Waals surface area contributed by atoms with Gasteiger partial charge in [-0.3, -0.25) is 9.59 Å². The Morgan fingerprint density at radius 1 is 1.27 bits per heavy atom. The maximum Gasteiger partial charge on any atom is 0.255 e. The molecule has 0 amide bonds. The number of ether oxygens (including phenoxy) is 2. The van der Waals surface area contributed by atoms with Gasteiger partial charge in [0.15, 0.2) is 5.78 Å². The van der Waals surface area contributed by atoms with E-state index in [0.29, 0.717) is 34.2 Å². The van der Waals surface area contributed by atoms with Crippen molar-refractivity contribution in [1.82, 2.24) is 9.55 Å². The van der Waals surface area contributed by atoms with Crippen molar-refractivity contribution in [3.8, 4) is 5.75 Å². The highest BCUT2D eigenvalue weighted by atomic mass is 35.5.